The number of para-hydroxylation sites is 1. The van der Waals surface area contributed by atoms with Gasteiger partial charge in [0.2, 0.25) is 5.91 Å². The molecule has 0 aliphatic heterocycles. The molecular weight excluding hydrogens is 396 g/mol. The minimum atomic E-state index is -2.66. The highest BCUT2D eigenvalue weighted by Gasteiger charge is 2.15. The van der Waals surface area contributed by atoms with Crippen LogP contribution in [0.3, 0.4) is 0 Å². The van der Waals surface area contributed by atoms with Gasteiger partial charge in [-0.3, -0.25) is 9.59 Å². The maximum atomic E-state index is 12.7. The number of carbonyl (C=O) groups excluding carboxylic acids is 1. The largest absolute Gasteiger partial charge is 0.325 e. The van der Waals surface area contributed by atoms with Gasteiger partial charge in [-0.15, -0.1) is 0 Å². The van der Waals surface area contributed by atoms with Gasteiger partial charge in [-0.25, -0.2) is 4.98 Å². The van der Waals surface area contributed by atoms with Gasteiger partial charge in [-0.2, -0.15) is 8.78 Å². The molecule has 0 aliphatic carbocycles. The molecule has 3 aromatic rings. The highest BCUT2D eigenvalue weighted by atomic mass is 35.5. The van der Waals surface area contributed by atoms with Crippen molar-refractivity contribution in [3.63, 3.8) is 0 Å². The number of nitrogens with one attached hydrogen (secondary N) is 2. The molecule has 27 heavy (non-hydrogen) atoms. The summed E-state index contributed by atoms with van der Waals surface area (Å²) in [6.45, 7) is 0. The van der Waals surface area contributed by atoms with E-state index in [0.717, 1.165) is 0 Å². The van der Waals surface area contributed by atoms with Crippen molar-refractivity contribution in [2.45, 2.75) is 23.5 Å². The molecule has 0 bridgehead atoms. The monoisotopic (exact) mass is 409 g/mol. The third kappa shape index (κ3) is 4.84. The smallest absolute Gasteiger partial charge is 0.289 e. The number of alkyl halides is 2. The van der Waals surface area contributed by atoms with Crippen LogP contribution < -0.4 is 10.9 Å². The maximum Gasteiger partial charge on any atom is 0.289 e. The summed E-state index contributed by atoms with van der Waals surface area (Å²) in [5.74, 6) is -2.68. The summed E-state index contributed by atoms with van der Waals surface area (Å²) >= 11 is 6.22. The number of aryl methyl sites for hydroxylation is 1. The fourth-order valence-corrected chi connectivity index (χ4v) is 3.43. The highest BCUT2D eigenvalue weighted by Crippen LogP contribution is 2.37. The number of amides is 1. The van der Waals surface area contributed by atoms with E-state index in [2.05, 4.69) is 15.3 Å². The summed E-state index contributed by atoms with van der Waals surface area (Å²) in [4.78, 5) is 31.3. The van der Waals surface area contributed by atoms with Crippen LogP contribution in [0.4, 0.5) is 14.5 Å². The number of carbonyl (C=O) groups is 1. The van der Waals surface area contributed by atoms with E-state index in [4.69, 9.17) is 11.6 Å². The second-order valence-corrected chi connectivity index (χ2v) is 6.98. The Kier molecular flexibility index (Phi) is 6.08. The van der Waals surface area contributed by atoms with Gasteiger partial charge in [-0.1, -0.05) is 41.6 Å². The molecule has 1 aromatic heterocycles. The fourth-order valence-electron chi connectivity index (χ4n) is 2.51. The number of hydrogen-bond acceptors (Lipinski definition) is 4. The number of nitrogens with zero attached hydrogens (tertiary/aromatic N) is 1. The van der Waals surface area contributed by atoms with Crippen LogP contribution >= 0.6 is 23.4 Å². The molecule has 0 saturated carbocycles. The van der Waals surface area contributed by atoms with E-state index in [1.807, 2.05) is 0 Å². The lowest BCUT2D eigenvalue weighted by molar-refractivity contribution is -0.116. The second-order valence-electron chi connectivity index (χ2n) is 5.57. The van der Waals surface area contributed by atoms with E-state index in [1.54, 1.807) is 30.3 Å². The summed E-state index contributed by atoms with van der Waals surface area (Å²) in [7, 11) is 0. The zero-order valence-electron chi connectivity index (χ0n) is 13.8. The number of H-pyrrole nitrogens is 1. The van der Waals surface area contributed by atoms with E-state index in [1.165, 1.54) is 12.1 Å². The SMILES string of the molecule is O=C(CCc1nc2ccccc2c(=O)[nH]1)Nc1cccc(Cl)c1SC(F)F. The summed E-state index contributed by atoms with van der Waals surface area (Å²) in [6.07, 6.45) is 0.219. The van der Waals surface area contributed by atoms with Crippen molar-refractivity contribution in [1.29, 1.82) is 0 Å². The van der Waals surface area contributed by atoms with Gasteiger partial charge >= 0.3 is 0 Å². The number of halogens is 3. The summed E-state index contributed by atoms with van der Waals surface area (Å²) < 4.78 is 25.4. The van der Waals surface area contributed by atoms with E-state index in [-0.39, 0.29) is 45.8 Å². The molecule has 9 heteroatoms. The molecule has 1 heterocycles. The van der Waals surface area contributed by atoms with E-state index >= 15 is 0 Å². The van der Waals surface area contributed by atoms with Crippen LogP contribution in [0.15, 0.2) is 52.2 Å². The fraction of sp³-hybridized carbons (Fsp3) is 0.167. The molecule has 2 aromatic carbocycles. The lowest BCUT2D eigenvalue weighted by Gasteiger charge is -2.12. The summed E-state index contributed by atoms with van der Waals surface area (Å²) in [5, 5.41) is 3.19. The number of hydrogen-bond donors (Lipinski definition) is 2. The Balaban J connectivity index is 1.71. The Bertz CT molecular complexity index is 1040. The van der Waals surface area contributed by atoms with Crippen LogP contribution in [-0.4, -0.2) is 21.6 Å². The third-order valence-electron chi connectivity index (χ3n) is 3.70. The zero-order chi connectivity index (χ0) is 19.4. The second kappa shape index (κ2) is 8.49. The van der Waals surface area contributed by atoms with Crippen LogP contribution in [0.2, 0.25) is 5.02 Å². The van der Waals surface area contributed by atoms with Gasteiger partial charge in [0.25, 0.3) is 11.3 Å². The van der Waals surface area contributed by atoms with Crippen LogP contribution in [0.25, 0.3) is 10.9 Å². The van der Waals surface area contributed by atoms with Crippen LogP contribution in [0.1, 0.15) is 12.2 Å². The first-order chi connectivity index (χ1) is 12.9. The van der Waals surface area contributed by atoms with E-state index < -0.39 is 11.7 Å². The van der Waals surface area contributed by atoms with Crippen LogP contribution in [-0.2, 0) is 11.2 Å². The average Bonchev–Trinajstić information content (AvgIpc) is 2.63. The molecule has 2 N–H and O–H groups in total. The molecule has 0 spiro atoms. The van der Waals surface area contributed by atoms with E-state index in [9.17, 15) is 18.4 Å². The van der Waals surface area contributed by atoms with Crippen LogP contribution in [0.5, 0.6) is 0 Å². The minimum absolute atomic E-state index is 0.0204. The highest BCUT2D eigenvalue weighted by molar-refractivity contribution is 7.99. The van der Waals surface area contributed by atoms with Gasteiger partial charge in [0.15, 0.2) is 0 Å². The van der Waals surface area contributed by atoms with Crippen molar-refractivity contribution in [1.82, 2.24) is 9.97 Å². The molecule has 5 nitrogen and oxygen atoms in total. The summed E-state index contributed by atoms with van der Waals surface area (Å²) in [5.41, 5.74) is 0.487. The minimum Gasteiger partial charge on any atom is -0.325 e. The molecule has 140 valence electrons. The van der Waals surface area contributed by atoms with Crippen molar-refractivity contribution in [3.8, 4) is 0 Å². The number of anilines is 1. The number of fused-ring (bicyclic) bond motifs is 1. The molecule has 0 saturated heterocycles. The van der Waals surface area contributed by atoms with Crippen molar-refractivity contribution >= 4 is 45.9 Å². The lowest BCUT2D eigenvalue weighted by Crippen LogP contribution is -2.16. The molecule has 0 atom stereocenters. The molecule has 0 fully saturated rings. The number of thioether (sulfide) groups is 1. The Morgan fingerprint density at radius 3 is 2.78 bits per heavy atom. The molecule has 1 amide bonds. The molecule has 3 rings (SSSR count). The van der Waals surface area contributed by atoms with Gasteiger partial charge in [0.05, 0.1) is 26.5 Å². The van der Waals surface area contributed by atoms with Gasteiger partial charge in [-0.05, 0) is 24.3 Å². The zero-order valence-corrected chi connectivity index (χ0v) is 15.4. The number of aromatic amines is 1. The number of rotatable bonds is 6. The van der Waals surface area contributed by atoms with Gasteiger partial charge < -0.3 is 10.3 Å². The van der Waals surface area contributed by atoms with Crippen molar-refractivity contribution < 1.29 is 13.6 Å². The molecular formula is C18H14ClF2N3O2S. The Morgan fingerprint density at radius 2 is 2.00 bits per heavy atom. The Labute approximate surface area is 162 Å². The first-order valence-electron chi connectivity index (χ1n) is 7.95. The average molecular weight is 410 g/mol. The topological polar surface area (TPSA) is 74.8 Å². The Hall–Kier alpha value is -2.45. The predicted molar refractivity (Wildman–Crippen MR) is 103 cm³/mol. The number of aromatic nitrogens is 2. The van der Waals surface area contributed by atoms with Crippen LogP contribution in [0, 0.1) is 0 Å². The van der Waals surface area contributed by atoms with Gasteiger partial charge in [0.1, 0.15) is 5.82 Å². The van der Waals surface area contributed by atoms with Crippen molar-refractivity contribution in [2.24, 2.45) is 0 Å². The molecule has 0 unspecified atom stereocenters. The van der Waals surface area contributed by atoms with E-state index in [0.29, 0.717) is 16.7 Å². The van der Waals surface area contributed by atoms with Crippen molar-refractivity contribution in [2.75, 3.05) is 5.32 Å². The number of benzene rings is 2. The predicted octanol–water partition coefficient (Wildman–Crippen LogP) is 4.46. The molecule has 0 aliphatic rings. The first-order valence-corrected chi connectivity index (χ1v) is 9.21. The van der Waals surface area contributed by atoms with Gasteiger partial charge in [0, 0.05) is 12.8 Å². The van der Waals surface area contributed by atoms with Crippen molar-refractivity contribution in [3.05, 3.63) is 63.7 Å². The summed E-state index contributed by atoms with van der Waals surface area (Å²) in [6, 6.07) is 11.4. The molecule has 0 radical (unpaired) electrons. The Morgan fingerprint density at radius 1 is 1.22 bits per heavy atom. The normalized spacial score (nSPS) is 11.1. The standard InChI is InChI=1S/C18H14ClF2N3O2S/c19-11-5-3-7-13(16(11)27-18(20)21)23-15(25)9-8-14-22-12-6-2-1-4-10(12)17(26)24-14/h1-7,18H,8-9H2,(H,23,25)(H,22,24,26). The lowest BCUT2D eigenvalue weighted by atomic mass is 10.2. The first kappa shape index (κ1) is 19.3. The maximum absolute atomic E-state index is 12.7. The quantitative estimate of drug-likeness (QED) is 0.589. The third-order valence-corrected chi connectivity index (χ3v) is 4.98.